The van der Waals surface area contributed by atoms with Crippen molar-refractivity contribution in [1.82, 2.24) is 4.98 Å². The van der Waals surface area contributed by atoms with Gasteiger partial charge in [-0.2, -0.15) is 0 Å². The minimum absolute atomic E-state index is 0.397. The maximum atomic E-state index is 13.1. The van der Waals surface area contributed by atoms with E-state index >= 15 is 0 Å². The number of hydrogen-bond donors (Lipinski definition) is 1. The van der Waals surface area contributed by atoms with Crippen molar-refractivity contribution in [2.75, 3.05) is 5.32 Å². The first kappa shape index (κ1) is 15.4. The first-order chi connectivity index (χ1) is 11.2. The van der Waals surface area contributed by atoms with Crippen LogP contribution in [0.15, 0.2) is 24.3 Å². The molecule has 24 heavy (non-hydrogen) atoms. The number of carbonyl (C=O) groups excluding carboxylic acids is 3. The summed E-state index contributed by atoms with van der Waals surface area (Å²) in [5.41, 5.74) is -1.93. The summed E-state index contributed by atoms with van der Waals surface area (Å²) in [5, 5.41) is 3.28. The van der Waals surface area contributed by atoms with Crippen molar-refractivity contribution < 1.29 is 14.4 Å². The quantitative estimate of drug-likeness (QED) is 0.672. The molecule has 1 N–H and O–H groups in total. The maximum Gasteiger partial charge on any atom is 0.240 e. The molecule has 1 amide bonds. The highest BCUT2D eigenvalue weighted by Gasteiger charge is 2.77. The molecule has 1 heterocycles. The Balaban J connectivity index is 1.74. The number of Topliss-reactive ketones (excluding diaryl/α,β-unsaturated/α-hetero) is 2. The van der Waals surface area contributed by atoms with E-state index in [2.05, 4.69) is 10.3 Å². The minimum Gasteiger partial charge on any atom is -0.301 e. The third-order valence-corrected chi connectivity index (χ3v) is 7.40. The van der Waals surface area contributed by atoms with Gasteiger partial charge in [0.05, 0.1) is 10.2 Å². The Labute approximate surface area is 143 Å². The van der Waals surface area contributed by atoms with Gasteiger partial charge in [0.25, 0.3) is 0 Å². The minimum atomic E-state index is -1.28. The number of aromatic nitrogens is 1. The molecule has 4 rings (SSSR count). The van der Waals surface area contributed by atoms with Crippen molar-refractivity contribution in [3.63, 3.8) is 0 Å². The zero-order chi connectivity index (χ0) is 17.3. The number of benzene rings is 1. The van der Waals surface area contributed by atoms with Gasteiger partial charge in [-0.3, -0.25) is 14.4 Å². The van der Waals surface area contributed by atoms with E-state index in [9.17, 15) is 14.4 Å². The molecule has 6 heteroatoms. The van der Waals surface area contributed by atoms with Crippen LogP contribution in [0.4, 0.5) is 5.13 Å². The third-order valence-electron chi connectivity index (χ3n) is 6.44. The molecule has 2 fully saturated rings. The fourth-order valence-electron chi connectivity index (χ4n) is 4.40. The molecule has 124 valence electrons. The molecular formula is C18H18N2O3S. The summed E-state index contributed by atoms with van der Waals surface area (Å²) in [5.74, 6) is -1.34. The summed E-state index contributed by atoms with van der Waals surface area (Å²) in [6.07, 6.45) is 0.982. The van der Waals surface area contributed by atoms with Gasteiger partial charge in [-0.1, -0.05) is 44.2 Å². The predicted molar refractivity (Wildman–Crippen MR) is 91.8 cm³/mol. The molecule has 2 aliphatic rings. The van der Waals surface area contributed by atoms with Gasteiger partial charge >= 0.3 is 0 Å². The third kappa shape index (κ3) is 1.55. The van der Waals surface area contributed by atoms with Crippen LogP contribution in [0.5, 0.6) is 0 Å². The Morgan fingerprint density at radius 1 is 1.12 bits per heavy atom. The smallest absolute Gasteiger partial charge is 0.240 e. The summed E-state index contributed by atoms with van der Waals surface area (Å²) in [4.78, 5) is 42.6. The average molecular weight is 342 g/mol. The van der Waals surface area contributed by atoms with Crippen LogP contribution in [0.1, 0.15) is 33.6 Å². The SMILES string of the molecule is CC1(C)[C@@]2(C(=O)Nc3nc4ccccc4s3)CC[C@]1(C)C(=O)C2=O. The molecule has 2 saturated carbocycles. The summed E-state index contributed by atoms with van der Waals surface area (Å²) in [6.45, 7) is 5.54. The highest BCUT2D eigenvalue weighted by molar-refractivity contribution is 7.22. The average Bonchev–Trinajstić information content (AvgIpc) is 3.06. The topological polar surface area (TPSA) is 76.1 Å². The van der Waals surface area contributed by atoms with Gasteiger partial charge in [0.1, 0.15) is 5.41 Å². The molecule has 0 radical (unpaired) electrons. The van der Waals surface area contributed by atoms with Crippen LogP contribution in [0.2, 0.25) is 0 Å². The lowest BCUT2D eigenvalue weighted by Gasteiger charge is -2.36. The molecule has 0 spiro atoms. The number of anilines is 1. The van der Waals surface area contributed by atoms with E-state index in [1.807, 2.05) is 45.0 Å². The molecule has 1 aromatic carbocycles. The summed E-state index contributed by atoms with van der Waals surface area (Å²) < 4.78 is 0.967. The Hall–Kier alpha value is -2.08. The maximum absolute atomic E-state index is 13.1. The highest BCUT2D eigenvalue weighted by Crippen LogP contribution is 2.69. The second-order valence-electron chi connectivity index (χ2n) is 7.46. The molecule has 1 aromatic heterocycles. The van der Waals surface area contributed by atoms with Crippen LogP contribution < -0.4 is 5.32 Å². The Morgan fingerprint density at radius 2 is 1.83 bits per heavy atom. The second-order valence-corrected chi connectivity index (χ2v) is 8.49. The van der Waals surface area contributed by atoms with E-state index in [-0.39, 0.29) is 0 Å². The highest BCUT2D eigenvalue weighted by atomic mass is 32.1. The first-order valence-electron chi connectivity index (χ1n) is 8.00. The van der Waals surface area contributed by atoms with Crippen molar-refractivity contribution in [3.05, 3.63) is 24.3 Å². The number of rotatable bonds is 2. The van der Waals surface area contributed by atoms with Gasteiger partial charge in [-0.05, 0) is 30.4 Å². The molecule has 0 saturated heterocycles. The number of nitrogens with one attached hydrogen (secondary N) is 1. The van der Waals surface area contributed by atoms with Crippen molar-refractivity contribution in [2.45, 2.75) is 33.6 Å². The van der Waals surface area contributed by atoms with Crippen molar-refractivity contribution >= 4 is 44.2 Å². The number of ketones is 2. The molecule has 0 aliphatic heterocycles. The lowest BCUT2D eigenvalue weighted by molar-refractivity contribution is -0.147. The molecule has 2 bridgehead atoms. The Kier molecular flexibility index (Phi) is 2.90. The van der Waals surface area contributed by atoms with Crippen LogP contribution >= 0.6 is 11.3 Å². The van der Waals surface area contributed by atoms with Crippen LogP contribution in [-0.4, -0.2) is 22.5 Å². The number of para-hydroxylation sites is 1. The lowest BCUT2D eigenvalue weighted by Crippen LogP contribution is -2.47. The Bertz CT molecular complexity index is 883. The zero-order valence-corrected chi connectivity index (χ0v) is 14.6. The van der Waals surface area contributed by atoms with Gasteiger partial charge < -0.3 is 5.32 Å². The monoisotopic (exact) mass is 342 g/mol. The predicted octanol–water partition coefficient (Wildman–Crippen LogP) is 3.20. The van der Waals surface area contributed by atoms with Crippen LogP contribution in [0.25, 0.3) is 10.2 Å². The molecule has 5 nitrogen and oxygen atoms in total. The van der Waals surface area contributed by atoms with E-state index in [4.69, 9.17) is 0 Å². The van der Waals surface area contributed by atoms with Crippen molar-refractivity contribution in [3.8, 4) is 0 Å². The van der Waals surface area contributed by atoms with E-state index in [0.717, 1.165) is 10.2 Å². The van der Waals surface area contributed by atoms with Crippen LogP contribution in [-0.2, 0) is 14.4 Å². The van der Waals surface area contributed by atoms with E-state index < -0.39 is 33.7 Å². The van der Waals surface area contributed by atoms with Crippen LogP contribution in [0, 0.1) is 16.2 Å². The van der Waals surface area contributed by atoms with E-state index in [1.54, 1.807) is 0 Å². The number of amides is 1. The van der Waals surface area contributed by atoms with Gasteiger partial charge in [0.2, 0.25) is 17.5 Å². The van der Waals surface area contributed by atoms with E-state index in [0.29, 0.717) is 18.0 Å². The fraction of sp³-hybridized carbons (Fsp3) is 0.444. The largest absolute Gasteiger partial charge is 0.301 e. The van der Waals surface area contributed by atoms with Gasteiger partial charge in [-0.25, -0.2) is 4.98 Å². The molecule has 0 unspecified atom stereocenters. The molecule has 2 aliphatic carbocycles. The molecule has 2 aromatic rings. The number of nitrogens with zero attached hydrogens (tertiary/aromatic N) is 1. The summed E-state index contributed by atoms with van der Waals surface area (Å²) in [7, 11) is 0. The van der Waals surface area contributed by atoms with Crippen molar-refractivity contribution in [2.24, 2.45) is 16.2 Å². The lowest BCUT2D eigenvalue weighted by atomic mass is 9.64. The second kappa shape index (κ2) is 4.51. The fourth-order valence-corrected chi connectivity index (χ4v) is 5.26. The van der Waals surface area contributed by atoms with Gasteiger partial charge in [0, 0.05) is 5.41 Å². The summed E-state index contributed by atoms with van der Waals surface area (Å²) in [6, 6.07) is 7.61. The van der Waals surface area contributed by atoms with Gasteiger partial charge in [-0.15, -0.1) is 0 Å². The standard InChI is InChI=1S/C18H18N2O3S/c1-16(2)17(3)8-9-18(16,13(22)12(17)21)14(23)20-15-19-10-6-4-5-7-11(10)24-15/h4-7H,8-9H2,1-3H3,(H,19,20,23)/t17-,18+/m1/s1. The zero-order valence-electron chi connectivity index (χ0n) is 13.8. The number of fused-ring (bicyclic) bond motifs is 3. The van der Waals surface area contributed by atoms with Crippen LogP contribution in [0.3, 0.4) is 0 Å². The summed E-state index contributed by atoms with van der Waals surface area (Å²) >= 11 is 1.37. The number of hydrogen-bond acceptors (Lipinski definition) is 5. The normalized spacial score (nSPS) is 31.0. The molecule has 2 atom stereocenters. The Morgan fingerprint density at radius 3 is 2.46 bits per heavy atom. The number of carbonyl (C=O) groups is 3. The first-order valence-corrected chi connectivity index (χ1v) is 8.82. The van der Waals surface area contributed by atoms with Crippen molar-refractivity contribution in [1.29, 1.82) is 0 Å². The van der Waals surface area contributed by atoms with Gasteiger partial charge in [0.15, 0.2) is 5.13 Å². The number of thiazole rings is 1. The molecular weight excluding hydrogens is 324 g/mol. The van der Waals surface area contributed by atoms with E-state index in [1.165, 1.54) is 11.3 Å².